The van der Waals surface area contributed by atoms with Crippen molar-refractivity contribution in [2.45, 2.75) is 43.9 Å². The number of para-hydroxylation sites is 1. The number of benzene rings is 2. The molecule has 2 heterocycles. The number of carbonyl (C=O) groups excluding carboxylic acids is 1. The van der Waals surface area contributed by atoms with Gasteiger partial charge in [-0.05, 0) is 30.7 Å². The molecule has 14 heteroatoms. The molecule has 2 aromatic carbocycles. The molecule has 2 unspecified atom stereocenters. The normalized spacial score (nSPS) is 24.2. The Bertz CT molecular complexity index is 1310. The molecule has 4 N–H and O–H groups in total. The molecule has 0 aromatic heterocycles. The summed E-state index contributed by atoms with van der Waals surface area (Å²) in [6, 6.07) is 15.6. The Balaban J connectivity index is 1.45. The van der Waals surface area contributed by atoms with Crippen LogP contribution in [0.5, 0.6) is 5.75 Å². The molecular weight excluding hydrogens is 549 g/mol. The fraction of sp³-hybridized carbons (Fsp3) is 0.308. The smallest absolute Gasteiger partial charge is 0.459 e. The molecule has 4 rings (SSSR count). The van der Waals surface area contributed by atoms with E-state index < -0.39 is 50.7 Å². The number of aliphatic hydroxyl groups excluding tert-OH is 1. The van der Waals surface area contributed by atoms with Crippen LogP contribution in [0.2, 0.25) is 0 Å². The van der Waals surface area contributed by atoms with Crippen LogP contribution < -0.4 is 15.3 Å². The number of hydrogen-bond donors (Lipinski definition) is 3. The van der Waals surface area contributed by atoms with Gasteiger partial charge in [-0.15, -0.1) is 0 Å². The van der Waals surface area contributed by atoms with Crippen molar-refractivity contribution in [2.75, 3.05) is 6.61 Å². The Morgan fingerprint density at radius 2 is 1.90 bits per heavy atom. The molecule has 0 amide bonds. The number of amidine groups is 1. The van der Waals surface area contributed by atoms with Crippen molar-refractivity contribution in [3.8, 4) is 5.75 Å². The van der Waals surface area contributed by atoms with Crippen LogP contribution in [0.1, 0.15) is 12.5 Å². The van der Waals surface area contributed by atoms with Gasteiger partial charge in [0.15, 0.2) is 6.10 Å². The lowest BCUT2D eigenvalue weighted by molar-refractivity contribution is -0.148. The number of esters is 1. The van der Waals surface area contributed by atoms with Gasteiger partial charge in [-0.25, -0.2) is 9.56 Å². The van der Waals surface area contributed by atoms with E-state index in [-0.39, 0.29) is 24.0 Å². The second-order valence-electron chi connectivity index (χ2n) is 8.96. The maximum atomic E-state index is 15.0. The first-order valence-electron chi connectivity index (χ1n) is 12.2. The third kappa shape index (κ3) is 6.93. The second-order valence-corrected chi connectivity index (χ2v) is 10.7. The summed E-state index contributed by atoms with van der Waals surface area (Å²) in [4.78, 5) is 17.3. The maximum absolute atomic E-state index is 15.0. The van der Waals surface area contributed by atoms with Gasteiger partial charge in [-0.2, -0.15) is 13.9 Å². The van der Waals surface area contributed by atoms with Crippen molar-refractivity contribution in [1.29, 1.82) is 0 Å². The number of aliphatic imine (C=N–C) groups is 1. The van der Waals surface area contributed by atoms with Gasteiger partial charge in [0, 0.05) is 6.20 Å². The molecule has 0 bridgehead atoms. The highest BCUT2D eigenvalue weighted by Gasteiger charge is 2.61. The van der Waals surface area contributed by atoms with Crippen molar-refractivity contribution >= 4 is 19.6 Å². The first-order chi connectivity index (χ1) is 19.0. The largest absolute Gasteiger partial charge is 0.460 e. The number of nitrogens with one attached hydrogen (secondary N) is 1. The molecule has 0 radical (unpaired) electrons. The zero-order valence-corrected chi connectivity index (χ0v) is 22.3. The third-order valence-electron chi connectivity index (χ3n) is 5.90. The van der Waals surface area contributed by atoms with Gasteiger partial charge < -0.3 is 29.7 Å². The standard InChI is InChI=1S/C26H29F2N4O7P/c1-17(24(34)36-15-19-9-5-3-6-10-19)31-40(35,39-20-11-7-4-8-12-20)37-16-21-23(33)26(27,28)25(38-21)32-14-13-22(29)30-18(32)2/h3-14,17,21,23,25,33H,2,15-16H2,1H3,(H2,29,30)(H,31,35)/t17-,21+,23?,25+,40?/m0/s1. The van der Waals surface area contributed by atoms with Gasteiger partial charge in [-0.3, -0.25) is 9.32 Å². The summed E-state index contributed by atoms with van der Waals surface area (Å²) in [7, 11) is -4.41. The Hall–Kier alpha value is -3.61. The van der Waals surface area contributed by atoms with Crippen LogP contribution >= 0.6 is 7.75 Å². The maximum Gasteiger partial charge on any atom is 0.459 e. The van der Waals surface area contributed by atoms with E-state index >= 15 is 8.78 Å². The number of nitrogens with zero attached hydrogens (tertiary/aromatic N) is 2. The minimum absolute atomic E-state index is 0.0269. The predicted molar refractivity (Wildman–Crippen MR) is 141 cm³/mol. The summed E-state index contributed by atoms with van der Waals surface area (Å²) in [5.74, 6) is -4.51. The average molecular weight is 579 g/mol. The highest BCUT2D eigenvalue weighted by Crippen LogP contribution is 2.47. The number of rotatable bonds is 11. The Morgan fingerprint density at radius 1 is 1.25 bits per heavy atom. The van der Waals surface area contributed by atoms with Gasteiger partial charge >= 0.3 is 19.6 Å². The van der Waals surface area contributed by atoms with Crippen LogP contribution in [0.4, 0.5) is 8.78 Å². The van der Waals surface area contributed by atoms with E-state index in [9.17, 15) is 14.5 Å². The molecule has 40 heavy (non-hydrogen) atoms. The van der Waals surface area contributed by atoms with Gasteiger partial charge in [-0.1, -0.05) is 55.1 Å². The Morgan fingerprint density at radius 3 is 2.55 bits per heavy atom. The number of nitrogens with two attached hydrogens (primary N) is 1. The quantitative estimate of drug-likeness (QED) is 0.268. The van der Waals surface area contributed by atoms with E-state index in [0.717, 1.165) is 10.5 Å². The van der Waals surface area contributed by atoms with Gasteiger partial charge in [0.25, 0.3) is 0 Å². The summed E-state index contributed by atoms with van der Waals surface area (Å²) < 4.78 is 65.4. The highest BCUT2D eigenvalue weighted by atomic mass is 31.2. The molecule has 1 saturated heterocycles. The minimum atomic E-state index is -4.41. The first-order valence-corrected chi connectivity index (χ1v) is 13.7. The highest BCUT2D eigenvalue weighted by molar-refractivity contribution is 7.52. The Labute approximate surface area is 229 Å². The fourth-order valence-corrected chi connectivity index (χ4v) is 5.33. The number of carbonyl (C=O) groups is 1. The lowest BCUT2D eigenvalue weighted by Gasteiger charge is -2.31. The Kier molecular flexibility index (Phi) is 9.02. The SMILES string of the molecule is C=C1N=C(N)C=CN1[C@@H]1O[C@H](COP(=O)(N[C@@H](C)C(=O)OCc2ccccc2)Oc2ccccc2)C(O)C1(F)F. The second kappa shape index (κ2) is 12.3. The van der Waals surface area contributed by atoms with E-state index in [1.807, 2.05) is 6.07 Å². The molecular formula is C26H29F2N4O7P. The summed E-state index contributed by atoms with van der Waals surface area (Å²) in [5, 5.41) is 12.8. The first kappa shape index (κ1) is 29.4. The van der Waals surface area contributed by atoms with E-state index in [1.54, 1.807) is 42.5 Å². The molecule has 0 saturated carbocycles. The summed E-state index contributed by atoms with van der Waals surface area (Å²) in [6.07, 6.45) is -3.51. The van der Waals surface area contributed by atoms with Crippen molar-refractivity contribution in [3.05, 3.63) is 90.9 Å². The number of ether oxygens (including phenoxy) is 2. The van der Waals surface area contributed by atoms with Crippen LogP contribution in [0.15, 0.2) is 90.3 Å². The molecule has 2 aliphatic rings. The number of aliphatic hydroxyl groups is 1. The number of halogens is 2. The number of alkyl halides is 2. The molecule has 2 aromatic rings. The average Bonchev–Trinajstić information content (AvgIpc) is 3.15. The van der Waals surface area contributed by atoms with E-state index in [4.69, 9.17) is 24.3 Å². The minimum Gasteiger partial charge on any atom is -0.460 e. The lowest BCUT2D eigenvalue weighted by atomic mass is 10.1. The zero-order valence-electron chi connectivity index (χ0n) is 21.4. The van der Waals surface area contributed by atoms with E-state index in [2.05, 4.69) is 16.7 Å². The van der Waals surface area contributed by atoms with Gasteiger partial charge in [0.05, 0.1) is 6.61 Å². The summed E-state index contributed by atoms with van der Waals surface area (Å²) >= 11 is 0. The monoisotopic (exact) mass is 578 g/mol. The zero-order chi connectivity index (χ0) is 28.9. The van der Waals surface area contributed by atoms with Gasteiger partial charge in [0.1, 0.15) is 36.2 Å². The van der Waals surface area contributed by atoms with E-state index in [1.165, 1.54) is 31.3 Å². The van der Waals surface area contributed by atoms with Crippen molar-refractivity contribution in [2.24, 2.45) is 10.7 Å². The summed E-state index contributed by atoms with van der Waals surface area (Å²) in [6.45, 7) is 4.15. The van der Waals surface area contributed by atoms with Gasteiger partial charge in [0.2, 0.25) is 6.23 Å². The molecule has 2 aliphatic heterocycles. The molecule has 0 spiro atoms. The molecule has 214 valence electrons. The van der Waals surface area contributed by atoms with Crippen LogP contribution in [0.3, 0.4) is 0 Å². The summed E-state index contributed by atoms with van der Waals surface area (Å²) in [5.41, 5.74) is 6.31. The third-order valence-corrected chi connectivity index (χ3v) is 7.54. The van der Waals surface area contributed by atoms with E-state index in [0.29, 0.717) is 0 Å². The molecule has 1 fully saturated rings. The lowest BCUT2D eigenvalue weighted by Crippen LogP contribution is -2.47. The van der Waals surface area contributed by atoms with Crippen LogP contribution in [0, 0.1) is 0 Å². The topological polar surface area (TPSA) is 145 Å². The van der Waals surface area contributed by atoms with Crippen LogP contribution in [0.25, 0.3) is 0 Å². The molecule has 5 atom stereocenters. The van der Waals surface area contributed by atoms with Crippen molar-refractivity contribution in [1.82, 2.24) is 9.99 Å². The van der Waals surface area contributed by atoms with Crippen LogP contribution in [-0.4, -0.2) is 58.8 Å². The predicted octanol–water partition coefficient (Wildman–Crippen LogP) is 3.29. The van der Waals surface area contributed by atoms with Crippen molar-refractivity contribution in [3.63, 3.8) is 0 Å². The fourth-order valence-electron chi connectivity index (χ4n) is 3.83. The molecule has 0 aliphatic carbocycles. The van der Waals surface area contributed by atoms with Crippen molar-refractivity contribution < 1.29 is 41.8 Å². The molecule has 11 nitrogen and oxygen atoms in total. The van der Waals surface area contributed by atoms with Crippen LogP contribution in [-0.2, 0) is 30.0 Å². The number of hydrogen-bond acceptors (Lipinski definition) is 10.